The van der Waals surface area contributed by atoms with Gasteiger partial charge in [-0.05, 0) is 29.3 Å². The molecule has 0 saturated carbocycles. The van der Waals surface area contributed by atoms with Crippen molar-refractivity contribution in [3.63, 3.8) is 0 Å². The highest BCUT2D eigenvalue weighted by atomic mass is 16.7. The summed E-state index contributed by atoms with van der Waals surface area (Å²) in [6, 6.07) is 11.7. The number of ether oxygens (including phenoxy) is 2. The van der Waals surface area contributed by atoms with Crippen molar-refractivity contribution in [2.24, 2.45) is 0 Å². The summed E-state index contributed by atoms with van der Waals surface area (Å²) in [5.74, 6) is 0.221. The number of para-hydroxylation sites is 1. The molecule has 3 aliphatic rings. The molecule has 0 spiro atoms. The second-order valence-corrected chi connectivity index (χ2v) is 7.52. The van der Waals surface area contributed by atoms with Crippen molar-refractivity contribution in [2.45, 2.75) is 18.5 Å². The van der Waals surface area contributed by atoms with E-state index in [1.807, 2.05) is 36.4 Å². The van der Waals surface area contributed by atoms with Gasteiger partial charge in [0.15, 0.2) is 11.5 Å². The molecule has 0 radical (unpaired) electrons. The summed E-state index contributed by atoms with van der Waals surface area (Å²) in [6.07, 6.45) is 0.248. The number of fused-ring (bicyclic) bond motifs is 5. The summed E-state index contributed by atoms with van der Waals surface area (Å²) >= 11 is 0. The van der Waals surface area contributed by atoms with E-state index in [1.165, 1.54) is 4.90 Å². The molecule has 2 atom stereocenters. The van der Waals surface area contributed by atoms with Gasteiger partial charge in [0.25, 0.3) is 0 Å². The van der Waals surface area contributed by atoms with Crippen molar-refractivity contribution in [1.29, 1.82) is 0 Å². The monoisotopic (exact) mass is 392 g/mol. The van der Waals surface area contributed by atoms with Gasteiger partial charge in [0.1, 0.15) is 6.04 Å². The number of nitrogens with zero attached hydrogens (tertiary/aromatic N) is 2. The van der Waals surface area contributed by atoms with Gasteiger partial charge < -0.3 is 24.3 Å². The molecule has 1 fully saturated rings. The molecule has 0 aliphatic carbocycles. The van der Waals surface area contributed by atoms with Crippen LogP contribution in [0.1, 0.15) is 27.0 Å². The predicted octanol–water partition coefficient (Wildman–Crippen LogP) is 2.21. The van der Waals surface area contributed by atoms with Crippen LogP contribution in [0.5, 0.6) is 11.5 Å². The maximum absolute atomic E-state index is 13.3. The molecule has 2 amide bonds. The molecule has 0 unspecified atom stereocenters. The third kappa shape index (κ3) is 2.24. The summed E-state index contributed by atoms with van der Waals surface area (Å²) < 4.78 is 34.1. The number of piperazine rings is 1. The van der Waals surface area contributed by atoms with E-state index in [0.717, 1.165) is 27.7 Å². The van der Waals surface area contributed by atoms with Crippen LogP contribution in [0, 0.1) is 0 Å². The number of rotatable bonds is 1. The number of benzene rings is 2. The predicted molar refractivity (Wildman–Crippen MR) is 105 cm³/mol. The van der Waals surface area contributed by atoms with Crippen molar-refractivity contribution in [1.82, 2.24) is 14.8 Å². The summed E-state index contributed by atoms with van der Waals surface area (Å²) in [4.78, 5) is 32.3. The molecule has 4 heterocycles. The molecule has 2 aromatic carbocycles. The van der Waals surface area contributed by atoms with Gasteiger partial charge >= 0.3 is 0 Å². The zero-order valence-electron chi connectivity index (χ0n) is 18.3. The molecule has 6 rings (SSSR count). The standard InChI is InChI=1S/C22H19N3O4/c1-24-10-19(26)25-16(22(24)27)9-14-13-4-2-3-5-15(13)23-20(14)21(25)12-6-7-17-18(8-12)29-11-28-17/h2-8,16,21,23H,9-11H2,1H3/t16-,21-/m0/s1/i1D3. The molecular weight excluding hydrogens is 370 g/mol. The number of nitrogens with one attached hydrogen (secondary N) is 1. The normalized spacial score (nSPS) is 24.8. The van der Waals surface area contributed by atoms with Gasteiger partial charge in [-0.2, -0.15) is 0 Å². The fraction of sp³-hybridized carbons (Fsp3) is 0.273. The van der Waals surface area contributed by atoms with Crippen LogP contribution in [0.25, 0.3) is 10.9 Å². The lowest BCUT2D eigenvalue weighted by atomic mass is 9.86. The molecule has 29 heavy (non-hydrogen) atoms. The highest BCUT2D eigenvalue weighted by Crippen LogP contribution is 2.44. The van der Waals surface area contributed by atoms with Crippen LogP contribution in [0.4, 0.5) is 0 Å². The lowest BCUT2D eigenvalue weighted by molar-refractivity contribution is -0.157. The van der Waals surface area contributed by atoms with Crippen LogP contribution < -0.4 is 9.47 Å². The smallest absolute Gasteiger partial charge is 0.245 e. The topological polar surface area (TPSA) is 74.9 Å². The minimum atomic E-state index is -2.67. The zero-order chi connectivity index (χ0) is 22.2. The molecule has 146 valence electrons. The van der Waals surface area contributed by atoms with E-state index in [-0.39, 0.29) is 13.2 Å². The first-order valence-corrected chi connectivity index (χ1v) is 9.44. The molecule has 7 nitrogen and oxygen atoms in total. The Bertz CT molecular complexity index is 1290. The summed E-state index contributed by atoms with van der Waals surface area (Å²) in [7, 11) is 0. The molecule has 7 heteroatoms. The summed E-state index contributed by atoms with van der Waals surface area (Å²) in [5, 5.41) is 0.958. The van der Waals surface area contributed by atoms with Crippen LogP contribution in [-0.2, 0) is 16.0 Å². The van der Waals surface area contributed by atoms with Crippen molar-refractivity contribution < 1.29 is 23.2 Å². The van der Waals surface area contributed by atoms with Gasteiger partial charge in [0, 0.05) is 34.1 Å². The molecule has 3 aromatic rings. The van der Waals surface area contributed by atoms with Crippen molar-refractivity contribution in [3.05, 3.63) is 59.3 Å². The Labute approximate surface area is 171 Å². The Balaban J connectivity index is 1.55. The fourth-order valence-electron chi connectivity index (χ4n) is 4.69. The lowest BCUT2D eigenvalue weighted by Crippen LogP contribution is -2.62. The van der Waals surface area contributed by atoms with E-state index in [4.69, 9.17) is 13.6 Å². The number of amides is 2. The van der Waals surface area contributed by atoms with Crippen LogP contribution >= 0.6 is 0 Å². The molecule has 3 aliphatic heterocycles. The number of carbonyl (C=O) groups is 2. The Morgan fingerprint density at radius 2 is 2.00 bits per heavy atom. The first-order chi connectivity index (χ1) is 15.3. The third-order valence-corrected chi connectivity index (χ3v) is 5.98. The average Bonchev–Trinajstić information content (AvgIpc) is 3.37. The largest absolute Gasteiger partial charge is 0.454 e. The minimum absolute atomic E-state index is 0.123. The number of hydrogen-bond acceptors (Lipinski definition) is 4. The summed E-state index contributed by atoms with van der Waals surface area (Å²) in [5.41, 5.74) is 3.40. The molecule has 1 saturated heterocycles. The van der Waals surface area contributed by atoms with Crippen LogP contribution in [0.3, 0.4) is 0 Å². The maximum Gasteiger partial charge on any atom is 0.245 e. The van der Waals surface area contributed by atoms with Gasteiger partial charge in [-0.15, -0.1) is 0 Å². The van der Waals surface area contributed by atoms with E-state index < -0.39 is 37.4 Å². The maximum atomic E-state index is 13.3. The first-order valence-electron chi connectivity index (χ1n) is 10.9. The van der Waals surface area contributed by atoms with Gasteiger partial charge in [0.05, 0.1) is 12.6 Å². The Kier molecular flexibility index (Phi) is 2.71. The number of aromatic nitrogens is 1. The molecule has 0 bridgehead atoms. The second kappa shape index (κ2) is 5.76. The second-order valence-electron chi connectivity index (χ2n) is 7.52. The SMILES string of the molecule is [2H]C([2H])([2H])N1CC(=O)N2[C@@H](c3ccc4c(c3)OCO4)c3[nH]c4ccccc4c3C[C@H]2C1=O. The number of aromatic amines is 1. The van der Waals surface area contributed by atoms with E-state index in [0.29, 0.717) is 16.4 Å². The molecular formula is C22H19N3O4. The van der Waals surface area contributed by atoms with Gasteiger partial charge in [0.2, 0.25) is 18.6 Å². The highest BCUT2D eigenvalue weighted by Gasteiger charge is 2.47. The van der Waals surface area contributed by atoms with Crippen LogP contribution in [-0.4, -0.2) is 53.0 Å². The summed E-state index contributed by atoms with van der Waals surface area (Å²) in [6.45, 7) is -3.03. The molecule has 1 N–H and O–H groups in total. The first kappa shape index (κ1) is 13.7. The number of H-pyrrole nitrogens is 1. The zero-order valence-corrected chi connectivity index (χ0v) is 15.3. The van der Waals surface area contributed by atoms with E-state index in [1.54, 1.807) is 6.07 Å². The van der Waals surface area contributed by atoms with Crippen LogP contribution in [0.15, 0.2) is 42.5 Å². The van der Waals surface area contributed by atoms with Crippen molar-refractivity contribution in [3.8, 4) is 11.5 Å². The number of likely N-dealkylation sites (N-methyl/N-ethyl adjacent to an activating group) is 1. The van der Waals surface area contributed by atoms with Gasteiger partial charge in [-0.25, -0.2) is 0 Å². The average molecular weight is 392 g/mol. The Hall–Kier alpha value is -3.48. The van der Waals surface area contributed by atoms with Gasteiger partial charge in [-0.1, -0.05) is 24.3 Å². The lowest BCUT2D eigenvalue weighted by Gasteiger charge is -2.46. The van der Waals surface area contributed by atoms with Crippen LogP contribution in [0.2, 0.25) is 0 Å². The van der Waals surface area contributed by atoms with E-state index in [2.05, 4.69) is 4.98 Å². The number of hydrogen-bond donors (Lipinski definition) is 1. The molecule has 1 aromatic heterocycles. The quantitative estimate of drug-likeness (QED) is 0.689. The number of carbonyl (C=O) groups excluding carboxylic acids is 2. The Morgan fingerprint density at radius 1 is 1.14 bits per heavy atom. The van der Waals surface area contributed by atoms with E-state index in [9.17, 15) is 9.59 Å². The third-order valence-electron chi connectivity index (χ3n) is 5.98. The minimum Gasteiger partial charge on any atom is -0.454 e. The highest BCUT2D eigenvalue weighted by molar-refractivity contribution is 5.97. The Morgan fingerprint density at radius 3 is 2.90 bits per heavy atom. The fourth-order valence-corrected chi connectivity index (χ4v) is 4.69. The van der Waals surface area contributed by atoms with E-state index >= 15 is 0 Å². The van der Waals surface area contributed by atoms with Crippen molar-refractivity contribution in [2.75, 3.05) is 20.3 Å². The van der Waals surface area contributed by atoms with Gasteiger partial charge in [-0.3, -0.25) is 9.59 Å². The van der Waals surface area contributed by atoms with Crippen molar-refractivity contribution >= 4 is 22.7 Å².